The molecule has 2 aromatic heterocycles. The lowest BCUT2D eigenvalue weighted by atomic mass is 9.85. The van der Waals surface area contributed by atoms with Crippen molar-refractivity contribution in [3.8, 4) is 22.9 Å². The number of likely N-dealkylation sites (tertiary alicyclic amines) is 1. The number of carboxylic acids is 1. The van der Waals surface area contributed by atoms with Gasteiger partial charge in [-0.3, -0.25) is 9.59 Å². The van der Waals surface area contributed by atoms with Crippen molar-refractivity contribution >= 4 is 57.7 Å². The molecule has 3 aliphatic carbocycles. The number of carbonyl (C=O) groups excluding carboxylic acids is 3. The van der Waals surface area contributed by atoms with Crippen LogP contribution in [0.5, 0.6) is 11.5 Å². The first-order valence-corrected chi connectivity index (χ1v) is 20.4. The van der Waals surface area contributed by atoms with E-state index >= 15 is 0 Å². The van der Waals surface area contributed by atoms with Crippen LogP contribution >= 0.6 is 22.9 Å². The Hall–Kier alpha value is -4.17. The van der Waals surface area contributed by atoms with Gasteiger partial charge in [0.15, 0.2) is 0 Å². The van der Waals surface area contributed by atoms with Crippen molar-refractivity contribution in [1.82, 2.24) is 25.5 Å². The van der Waals surface area contributed by atoms with Crippen LogP contribution in [0.3, 0.4) is 0 Å². The van der Waals surface area contributed by atoms with E-state index in [9.17, 15) is 24.3 Å². The Morgan fingerprint density at radius 3 is 2.38 bits per heavy atom. The lowest BCUT2D eigenvalue weighted by Crippen LogP contribution is -2.59. The van der Waals surface area contributed by atoms with Crippen molar-refractivity contribution in [2.75, 3.05) is 13.7 Å². The monoisotopic (exact) mass is 795 g/mol. The zero-order chi connectivity index (χ0) is 39.6. The topological polar surface area (TPSA) is 169 Å². The smallest absolute Gasteiger partial charge is 0.408 e. The number of thiazole rings is 1. The van der Waals surface area contributed by atoms with Gasteiger partial charge in [-0.1, -0.05) is 59.6 Å². The zero-order valence-corrected chi connectivity index (χ0v) is 33.9. The Balaban J connectivity index is 1.20. The highest BCUT2D eigenvalue weighted by molar-refractivity contribution is 7.10. The van der Waals surface area contributed by atoms with E-state index < -0.39 is 53.0 Å². The maximum absolute atomic E-state index is 14.7. The molecule has 3 aromatic rings. The maximum Gasteiger partial charge on any atom is 0.408 e. The Kier molecular flexibility index (Phi) is 10.5. The number of methoxy groups -OCH3 is 1. The summed E-state index contributed by atoms with van der Waals surface area (Å²) in [6.45, 7) is 11.5. The molecule has 1 aromatic carbocycles. The minimum absolute atomic E-state index is 0.0132. The van der Waals surface area contributed by atoms with E-state index in [1.807, 2.05) is 33.1 Å². The van der Waals surface area contributed by atoms with Gasteiger partial charge in [0.2, 0.25) is 11.8 Å². The van der Waals surface area contributed by atoms with E-state index in [0.29, 0.717) is 63.5 Å². The van der Waals surface area contributed by atoms with Crippen LogP contribution in [0.25, 0.3) is 22.3 Å². The Morgan fingerprint density at radius 2 is 1.78 bits per heavy atom. The molecule has 13 nitrogen and oxygen atoms in total. The van der Waals surface area contributed by atoms with Crippen LogP contribution in [0.4, 0.5) is 4.79 Å². The van der Waals surface area contributed by atoms with E-state index in [0.717, 1.165) is 17.8 Å². The molecule has 1 saturated heterocycles. The largest absolute Gasteiger partial charge is 0.495 e. The molecule has 8 atom stereocenters. The molecule has 55 heavy (non-hydrogen) atoms. The number of aliphatic carboxylic acids is 1. The minimum Gasteiger partial charge on any atom is -0.495 e. The number of benzene rings is 1. The molecule has 4 aliphatic rings. The number of nitrogens with zero attached hydrogens (tertiary/aromatic N) is 3. The molecule has 4 fully saturated rings. The van der Waals surface area contributed by atoms with E-state index in [-0.39, 0.29) is 30.9 Å². The average Bonchev–Trinajstić information content (AvgIpc) is 3.77. The van der Waals surface area contributed by atoms with Crippen molar-refractivity contribution in [1.29, 1.82) is 0 Å². The normalized spacial score (nSPS) is 27.4. The molecule has 0 spiro atoms. The summed E-state index contributed by atoms with van der Waals surface area (Å²) < 4.78 is 18.0. The third kappa shape index (κ3) is 7.68. The van der Waals surface area contributed by atoms with Crippen LogP contribution < -0.4 is 20.1 Å². The summed E-state index contributed by atoms with van der Waals surface area (Å²) in [6, 6.07) is 3.16. The first-order valence-electron chi connectivity index (χ1n) is 19.2. The summed E-state index contributed by atoms with van der Waals surface area (Å²) in [5.74, 6) is -0.129. The highest BCUT2D eigenvalue weighted by Crippen LogP contribution is 2.52. The Labute approximate surface area is 329 Å². The standard InChI is InChI=1S/C40H50ClN5O8S/c1-8-22-16-40(22,37(49)50)45-34(47)28-14-24(17-46(28)36(48)33(39(4,5)6)44-38(51)54-23-12-20-11-21(20)13-23)53-30-15-26(27-18-55-35(43-27)19(2)3)42-32-25(30)9-10-29(52-7)31(32)41/h9-10,15,18-24,28,33H,8,11-14,16-17H2,1-7H3,(H,44,51)(H,45,47)(H,49,50)/t20-,21+,22-,23+,24-,28+,33-,40-/m1/s1. The molecule has 0 radical (unpaired) electrons. The van der Waals surface area contributed by atoms with Crippen LogP contribution in [0, 0.1) is 23.2 Å². The van der Waals surface area contributed by atoms with E-state index in [1.54, 1.807) is 18.2 Å². The lowest BCUT2D eigenvalue weighted by Gasteiger charge is -2.35. The fourth-order valence-electron chi connectivity index (χ4n) is 8.29. The number of fused-ring (bicyclic) bond motifs is 2. The van der Waals surface area contributed by atoms with Crippen LogP contribution in [0.2, 0.25) is 5.02 Å². The highest BCUT2D eigenvalue weighted by Gasteiger charge is 2.61. The number of alkyl carbamates (subject to hydrolysis) is 1. The molecule has 7 rings (SSSR count). The Bertz CT molecular complexity index is 2010. The van der Waals surface area contributed by atoms with E-state index in [1.165, 1.54) is 29.8 Å². The van der Waals surface area contributed by atoms with Crippen molar-refractivity contribution < 1.29 is 38.5 Å². The van der Waals surface area contributed by atoms with Crippen molar-refractivity contribution in [2.45, 2.75) is 116 Å². The summed E-state index contributed by atoms with van der Waals surface area (Å²) in [7, 11) is 1.52. The molecule has 3 N–H and O–H groups in total. The molecule has 3 heterocycles. The second-order valence-electron chi connectivity index (χ2n) is 17.0. The predicted molar refractivity (Wildman–Crippen MR) is 207 cm³/mol. The number of carbonyl (C=O) groups is 4. The van der Waals surface area contributed by atoms with Gasteiger partial charge < -0.3 is 34.9 Å². The SMILES string of the molecule is CC[C@@H]1C[C@]1(NC(=O)[C@@H]1C[C@@H](Oc2cc(-c3csc(C(C)C)n3)nc3c(Cl)c(OC)ccc23)CN1C(=O)[C@@H](NC(=O)O[C@@H]1C[C@@H]2C[C@@H]2C1)C(C)(C)C)C(=O)O. The van der Waals surface area contributed by atoms with Gasteiger partial charge in [-0.15, -0.1) is 11.3 Å². The van der Waals surface area contributed by atoms with Crippen LogP contribution in [0.15, 0.2) is 23.6 Å². The number of hydrogen-bond donors (Lipinski definition) is 3. The van der Waals surface area contributed by atoms with Crippen LogP contribution in [0.1, 0.15) is 91.0 Å². The third-order valence-electron chi connectivity index (χ3n) is 11.7. The number of rotatable bonds is 12. The van der Waals surface area contributed by atoms with E-state index in [2.05, 4.69) is 24.5 Å². The number of halogens is 1. The fourth-order valence-corrected chi connectivity index (χ4v) is 9.40. The first kappa shape index (κ1) is 39.1. The average molecular weight is 796 g/mol. The van der Waals surface area contributed by atoms with Gasteiger partial charge in [-0.05, 0) is 61.0 Å². The molecule has 296 valence electrons. The van der Waals surface area contributed by atoms with Crippen molar-refractivity contribution in [3.05, 3.63) is 33.6 Å². The molecule has 0 unspecified atom stereocenters. The summed E-state index contributed by atoms with van der Waals surface area (Å²) in [5.41, 5.74) is -0.561. The molecule has 1 aliphatic heterocycles. The molecule has 3 amide bonds. The van der Waals surface area contributed by atoms with Crippen molar-refractivity contribution in [3.63, 3.8) is 0 Å². The van der Waals surface area contributed by atoms with Gasteiger partial charge in [-0.25, -0.2) is 19.6 Å². The second-order valence-corrected chi connectivity index (χ2v) is 18.2. The summed E-state index contributed by atoms with van der Waals surface area (Å²) in [5, 5.41) is 19.5. The van der Waals surface area contributed by atoms with Crippen LogP contribution in [-0.4, -0.2) is 87.3 Å². The zero-order valence-electron chi connectivity index (χ0n) is 32.3. The summed E-state index contributed by atoms with van der Waals surface area (Å²) in [6.07, 6.45) is 2.21. The number of ether oxygens (including phenoxy) is 3. The molecular formula is C40H50ClN5O8S. The van der Waals surface area contributed by atoms with Gasteiger partial charge >= 0.3 is 12.1 Å². The van der Waals surface area contributed by atoms with E-state index in [4.69, 9.17) is 35.8 Å². The predicted octanol–water partition coefficient (Wildman–Crippen LogP) is 6.80. The maximum atomic E-state index is 14.7. The number of aromatic nitrogens is 2. The number of hydrogen-bond acceptors (Lipinski definition) is 10. The van der Waals surface area contributed by atoms with Gasteiger partial charge in [0, 0.05) is 29.2 Å². The first-order chi connectivity index (χ1) is 26.0. The van der Waals surface area contributed by atoms with Gasteiger partial charge in [0.05, 0.1) is 29.9 Å². The lowest BCUT2D eigenvalue weighted by molar-refractivity contribution is -0.146. The fraction of sp³-hybridized carbons (Fsp3) is 0.600. The molecule has 0 bridgehead atoms. The quantitative estimate of drug-likeness (QED) is 0.177. The summed E-state index contributed by atoms with van der Waals surface area (Å²) in [4.78, 5) is 65.6. The van der Waals surface area contributed by atoms with Gasteiger partial charge in [0.1, 0.15) is 52.0 Å². The number of nitrogens with one attached hydrogen (secondary N) is 2. The third-order valence-corrected chi connectivity index (χ3v) is 13.2. The van der Waals surface area contributed by atoms with Gasteiger partial charge in [-0.2, -0.15) is 0 Å². The number of amides is 3. The van der Waals surface area contributed by atoms with Crippen molar-refractivity contribution in [2.24, 2.45) is 23.2 Å². The summed E-state index contributed by atoms with van der Waals surface area (Å²) >= 11 is 8.34. The second kappa shape index (κ2) is 14.7. The molecule has 15 heteroatoms. The molecular weight excluding hydrogens is 746 g/mol. The number of carboxylic acid groups (broad SMARTS) is 1. The highest BCUT2D eigenvalue weighted by atomic mass is 35.5. The van der Waals surface area contributed by atoms with Crippen LogP contribution in [-0.2, 0) is 19.1 Å². The Morgan fingerprint density at radius 1 is 1.05 bits per heavy atom. The van der Waals surface area contributed by atoms with Gasteiger partial charge in [0.25, 0.3) is 0 Å². The number of pyridine rings is 1. The molecule has 3 saturated carbocycles. The minimum atomic E-state index is -1.40.